The van der Waals surface area contributed by atoms with Crippen molar-refractivity contribution in [2.24, 2.45) is 0 Å². The van der Waals surface area contributed by atoms with Crippen molar-refractivity contribution in [3.8, 4) is 11.5 Å². The van der Waals surface area contributed by atoms with E-state index in [1.54, 1.807) is 24.3 Å². The lowest BCUT2D eigenvalue weighted by Crippen LogP contribution is -2.39. The van der Waals surface area contributed by atoms with Gasteiger partial charge in [0, 0.05) is 10.0 Å². The van der Waals surface area contributed by atoms with Crippen molar-refractivity contribution in [3.63, 3.8) is 0 Å². The quantitative estimate of drug-likeness (QED) is 0.557. The second-order valence-corrected chi connectivity index (χ2v) is 8.00. The first kappa shape index (κ1) is 19.9. The van der Waals surface area contributed by atoms with E-state index in [9.17, 15) is 0 Å². The molecule has 0 atom stereocenters. The molecule has 0 heterocycles. The Morgan fingerprint density at radius 3 is 1.28 bits per heavy atom. The van der Waals surface area contributed by atoms with Crippen molar-refractivity contribution >= 4 is 23.2 Å². The van der Waals surface area contributed by atoms with Crippen molar-refractivity contribution < 1.29 is 14.2 Å². The summed E-state index contributed by atoms with van der Waals surface area (Å²) in [6.07, 6.45) is 0. The number of hydrogen-bond donors (Lipinski definition) is 0. The van der Waals surface area contributed by atoms with Crippen LogP contribution in [0.2, 0.25) is 10.0 Å². The molecule has 0 bridgehead atoms. The van der Waals surface area contributed by atoms with Crippen LogP contribution in [0, 0.1) is 0 Å². The molecule has 0 aliphatic heterocycles. The molecule has 5 heteroatoms. The maximum Gasteiger partial charge on any atom is 0.127 e. The molecule has 0 saturated heterocycles. The molecule has 0 spiro atoms. The highest BCUT2D eigenvalue weighted by Crippen LogP contribution is 2.23. The van der Waals surface area contributed by atoms with Crippen LogP contribution < -0.4 is 9.47 Å². The third kappa shape index (κ3) is 7.15. The molecule has 0 aliphatic rings. The molecule has 0 N–H and O–H groups in total. The van der Waals surface area contributed by atoms with Crippen LogP contribution in [0.5, 0.6) is 11.5 Å². The summed E-state index contributed by atoms with van der Waals surface area (Å²) in [6, 6.07) is 14.6. The van der Waals surface area contributed by atoms with Gasteiger partial charge in [0.25, 0.3) is 0 Å². The van der Waals surface area contributed by atoms with Gasteiger partial charge in [-0.05, 0) is 76.2 Å². The molecule has 0 saturated carbocycles. The molecule has 25 heavy (non-hydrogen) atoms. The molecule has 3 nitrogen and oxygen atoms in total. The van der Waals surface area contributed by atoms with Crippen LogP contribution in [0.3, 0.4) is 0 Å². The van der Waals surface area contributed by atoms with E-state index in [4.69, 9.17) is 37.4 Å². The highest BCUT2D eigenvalue weighted by Gasteiger charge is 2.25. The first-order valence-electron chi connectivity index (χ1n) is 8.12. The first-order valence-corrected chi connectivity index (χ1v) is 8.88. The predicted octanol–water partition coefficient (Wildman–Crippen LogP) is 6.03. The third-order valence-corrected chi connectivity index (χ3v) is 3.82. The molecule has 0 radical (unpaired) electrons. The minimum absolute atomic E-state index is 0.434. The van der Waals surface area contributed by atoms with Gasteiger partial charge in [0.15, 0.2) is 0 Å². The molecule has 136 valence electrons. The van der Waals surface area contributed by atoms with Gasteiger partial charge >= 0.3 is 0 Å². The van der Waals surface area contributed by atoms with Crippen LogP contribution in [-0.4, -0.2) is 24.4 Å². The summed E-state index contributed by atoms with van der Waals surface area (Å²) in [5.74, 6) is 1.52. The summed E-state index contributed by atoms with van der Waals surface area (Å²) in [7, 11) is 0. The maximum absolute atomic E-state index is 5.96. The fourth-order valence-electron chi connectivity index (χ4n) is 2.24. The van der Waals surface area contributed by atoms with Crippen molar-refractivity contribution in [3.05, 3.63) is 58.6 Å². The van der Waals surface area contributed by atoms with Crippen LogP contribution in [0.4, 0.5) is 0 Å². The summed E-state index contributed by atoms with van der Waals surface area (Å²) in [6.45, 7) is 8.79. The van der Waals surface area contributed by atoms with Gasteiger partial charge in [0.1, 0.15) is 22.7 Å². The van der Waals surface area contributed by atoms with E-state index in [0.29, 0.717) is 23.3 Å². The van der Waals surface area contributed by atoms with Crippen molar-refractivity contribution in [1.82, 2.24) is 0 Å². The van der Waals surface area contributed by atoms with Crippen LogP contribution in [0.1, 0.15) is 27.7 Å². The summed E-state index contributed by atoms with van der Waals surface area (Å²) in [5, 5.41) is 1.37. The smallest absolute Gasteiger partial charge is 0.127 e. The Hall–Kier alpha value is -1.42. The average molecular weight is 383 g/mol. The highest BCUT2D eigenvalue weighted by molar-refractivity contribution is 6.30. The van der Waals surface area contributed by atoms with Gasteiger partial charge in [-0.15, -0.1) is 0 Å². The van der Waals surface area contributed by atoms with Crippen molar-refractivity contribution in [2.75, 3.05) is 13.2 Å². The second-order valence-electron chi connectivity index (χ2n) is 7.12. The zero-order chi connectivity index (χ0) is 18.5. The van der Waals surface area contributed by atoms with Gasteiger partial charge in [-0.2, -0.15) is 0 Å². The lowest BCUT2D eigenvalue weighted by molar-refractivity contribution is -0.0532. The van der Waals surface area contributed by atoms with E-state index in [0.717, 1.165) is 11.5 Å². The fourth-order valence-corrected chi connectivity index (χ4v) is 2.50. The van der Waals surface area contributed by atoms with Crippen LogP contribution in [-0.2, 0) is 4.74 Å². The molecule has 0 aromatic heterocycles. The van der Waals surface area contributed by atoms with E-state index < -0.39 is 11.2 Å². The minimum atomic E-state index is -0.468. The lowest BCUT2D eigenvalue weighted by atomic mass is 10.1. The molecule has 0 aliphatic carbocycles. The number of ether oxygens (including phenoxy) is 3. The van der Waals surface area contributed by atoms with Crippen LogP contribution >= 0.6 is 23.2 Å². The molecule has 0 unspecified atom stereocenters. The van der Waals surface area contributed by atoms with Gasteiger partial charge in [-0.25, -0.2) is 0 Å². The zero-order valence-electron chi connectivity index (χ0n) is 15.0. The number of halogens is 2. The predicted molar refractivity (Wildman–Crippen MR) is 103 cm³/mol. The Balaban J connectivity index is 1.82. The molecule has 0 amide bonds. The van der Waals surface area contributed by atoms with E-state index in [1.165, 1.54) is 0 Å². The fraction of sp³-hybridized carbons (Fsp3) is 0.400. The molecule has 2 aromatic carbocycles. The van der Waals surface area contributed by atoms with Crippen LogP contribution in [0.15, 0.2) is 48.5 Å². The van der Waals surface area contributed by atoms with E-state index in [1.807, 2.05) is 52.0 Å². The van der Waals surface area contributed by atoms with Gasteiger partial charge in [0.2, 0.25) is 0 Å². The Labute approximate surface area is 159 Å². The molecule has 2 aromatic rings. The summed E-state index contributed by atoms with van der Waals surface area (Å²) >= 11 is 11.8. The second kappa shape index (κ2) is 8.31. The first-order chi connectivity index (χ1) is 11.7. The van der Waals surface area contributed by atoms with Gasteiger partial charge < -0.3 is 14.2 Å². The number of hydrogen-bond acceptors (Lipinski definition) is 3. The third-order valence-electron chi connectivity index (χ3n) is 3.31. The lowest BCUT2D eigenvalue weighted by Gasteiger charge is -2.30. The molecule has 0 fully saturated rings. The van der Waals surface area contributed by atoms with E-state index in [2.05, 4.69) is 0 Å². The summed E-state index contributed by atoms with van der Waals surface area (Å²) < 4.78 is 17.8. The maximum atomic E-state index is 5.96. The normalized spacial score (nSPS) is 12.1. The Morgan fingerprint density at radius 1 is 0.640 bits per heavy atom. The number of rotatable bonds is 8. The van der Waals surface area contributed by atoms with Gasteiger partial charge in [-0.3, -0.25) is 0 Å². The molecule has 2 rings (SSSR count). The largest absolute Gasteiger partial charge is 0.485 e. The van der Waals surface area contributed by atoms with E-state index >= 15 is 0 Å². The zero-order valence-corrected chi connectivity index (χ0v) is 16.5. The average Bonchev–Trinajstić information content (AvgIpc) is 2.51. The Kier molecular flexibility index (Phi) is 6.61. The van der Waals surface area contributed by atoms with Crippen molar-refractivity contribution in [1.29, 1.82) is 0 Å². The monoisotopic (exact) mass is 382 g/mol. The SMILES string of the molecule is CC(C)(COCC(C)(C)Oc1ccc(Cl)cc1)Oc1ccc(Cl)cc1. The minimum Gasteiger partial charge on any atom is -0.485 e. The van der Waals surface area contributed by atoms with E-state index in [-0.39, 0.29) is 0 Å². The highest BCUT2D eigenvalue weighted by atomic mass is 35.5. The van der Waals surface area contributed by atoms with Crippen LogP contribution in [0.25, 0.3) is 0 Å². The summed E-state index contributed by atoms with van der Waals surface area (Å²) in [4.78, 5) is 0. The topological polar surface area (TPSA) is 27.7 Å². The van der Waals surface area contributed by atoms with Crippen molar-refractivity contribution in [2.45, 2.75) is 38.9 Å². The molecular weight excluding hydrogens is 359 g/mol. The number of benzene rings is 2. The molecular formula is C20H24Cl2O3. The Morgan fingerprint density at radius 2 is 0.960 bits per heavy atom. The van der Waals surface area contributed by atoms with Gasteiger partial charge in [0.05, 0.1) is 13.2 Å². The standard InChI is InChI=1S/C20H24Cl2O3/c1-19(2,24-17-9-5-15(21)6-10-17)13-23-14-20(3,4)25-18-11-7-16(22)8-12-18/h5-12H,13-14H2,1-4H3. The van der Waals surface area contributed by atoms with Gasteiger partial charge in [-0.1, -0.05) is 23.2 Å². The Bertz CT molecular complexity index is 605. The summed E-state index contributed by atoms with van der Waals surface area (Å²) in [5.41, 5.74) is -0.936.